The molecular formula is C33H50N2. The number of hydrogen-bond acceptors (Lipinski definition) is 2. The highest BCUT2D eigenvalue weighted by Crippen LogP contribution is 2.21. The van der Waals surface area contributed by atoms with Gasteiger partial charge in [-0.05, 0) is 55.7 Å². The summed E-state index contributed by atoms with van der Waals surface area (Å²) < 4.78 is 0. The number of para-hydroxylation sites is 1. The number of rotatable bonds is 4. The minimum atomic E-state index is 0.868. The average molecular weight is 475 g/mol. The zero-order valence-electron chi connectivity index (χ0n) is 23.4. The summed E-state index contributed by atoms with van der Waals surface area (Å²) in [5.41, 5.74) is 10.0. The molecule has 0 fully saturated rings. The molecule has 2 aromatic rings. The fourth-order valence-corrected chi connectivity index (χ4v) is 2.95. The Hall–Kier alpha value is -3.13. The summed E-state index contributed by atoms with van der Waals surface area (Å²) in [5.74, 6) is 0.885. The Morgan fingerprint density at radius 3 is 1.94 bits per heavy atom. The van der Waals surface area contributed by atoms with Crippen molar-refractivity contribution in [2.24, 2.45) is 10.9 Å². The molecule has 192 valence electrons. The number of benzene rings is 2. The van der Waals surface area contributed by atoms with Gasteiger partial charge in [-0.25, -0.2) is 0 Å². The van der Waals surface area contributed by atoms with Crippen molar-refractivity contribution in [2.75, 3.05) is 5.73 Å². The molecule has 35 heavy (non-hydrogen) atoms. The Balaban J connectivity index is 0. The van der Waals surface area contributed by atoms with E-state index in [0.29, 0.717) is 0 Å². The minimum absolute atomic E-state index is 0.868. The summed E-state index contributed by atoms with van der Waals surface area (Å²) in [6, 6.07) is 18.0. The minimum Gasteiger partial charge on any atom is -0.399 e. The molecule has 1 aliphatic heterocycles. The second-order valence-corrected chi connectivity index (χ2v) is 7.14. The van der Waals surface area contributed by atoms with Gasteiger partial charge in [0.1, 0.15) is 0 Å². The lowest BCUT2D eigenvalue weighted by molar-refractivity contribution is 0.486. The van der Waals surface area contributed by atoms with Crippen LogP contribution in [-0.4, -0.2) is 6.21 Å². The third-order valence-electron chi connectivity index (χ3n) is 4.84. The molecular weight excluding hydrogens is 424 g/mol. The lowest BCUT2D eigenvalue weighted by Crippen LogP contribution is -2.00. The maximum Gasteiger partial charge on any atom is 0.0362 e. The molecule has 1 atom stereocenters. The summed E-state index contributed by atoms with van der Waals surface area (Å²) >= 11 is 0. The Labute approximate surface area is 217 Å². The quantitative estimate of drug-likeness (QED) is 0.267. The van der Waals surface area contributed by atoms with Gasteiger partial charge in [-0.3, -0.25) is 4.99 Å². The van der Waals surface area contributed by atoms with E-state index in [0.717, 1.165) is 17.2 Å². The van der Waals surface area contributed by atoms with Gasteiger partial charge in [0.2, 0.25) is 0 Å². The summed E-state index contributed by atoms with van der Waals surface area (Å²) in [7, 11) is 0. The van der Waals surface area contributed by atoms with Gasteiger partial charge >= 0.3 is 0 Å². The topological polar surface area (TPSA) is 38.4 Å². The summed E-state index contributed by atoms with van der Waals surface area (Å²) in [5, 5.41) is 0. The molecule has 0 aromatic heterocycles. The van der Waals surface area contributed by atoms with Crippen LogP contribution in [0.5, 0.6) is 0 Å². The van der Waals surface area contributed by atoms with E-state index >= 15 is 0 Å². The monoisotopic (exact) mass is 474 g/mol. The highest BCUT2D eigenvalue weighted by atomic mass is 14.7. The van der Waals surface area contributed by atoms with Crippen LogP contribution in [0.1, 0.15) is 78.4 Å². The van der Waals surface area contributed by atoms with E-state index in [1.165, 1.54) is 36.8 Å². The fraction of sp³-hybridized carbons (Fsp3) is 0.364. The van der Waals surface area contributed by atoms with E-state index in [4.69, 9.17) is 5.73 Å². The van der Waals surface area contributed by atoms with Crippen LogP contribution in [0.2, 0.25) is 0 Å². The molecule has 0 saturated carbocycles. The molecule has 0 saturated heterocycles. The molecule has 2 nitrogen and oxygen atoms in total. The first-order valence-corrected chi connectivity index (χ1v) is 13.2. The highest BCUT2D eigenvalue weighted by molar-refractivity contribution is 6.14. The van der Waals surface area contributed by atoms with Gasteiger partial charge in [-0.1, -0.05) is 127 Å². The lowest BCUT2D eigenvalue weighted by atomic mass is 9.91. The van der Waals surface area contributed by atoms with Crippen LogP contribution in [0.15, 0.2) is 103 Å². The molecule has 2 aliphatic rings. The molecule has 2 aromatic carbocycles. The Morgan fingerprint density at radius 1 is 0.914 bits per heavy atom. The molecule has 2 heteroatoms. The van der Waals surface area contributed by atoms with Crippen LogP contribution in [0.25, 0.3) is 5.57 Å². The predicted octanol–water partition coefficient (Wildman–Crippen LogP) is 10.2. The van der Waals surface area contributed by atoms with Crippen LogP contribution >= 0.6 is 0 Å². The Morgan fingerprint density at radius 2 is 1.51 bits per heavy atom. The van der Waals surface area contributed by atoms with E-state index in [9.17, 15) is 0 Å². The van der Waals surface area contributed by atoms with Crippen molar-refractivity contribution in [1.82, 2.24) is 0 Å². The molecule has 1 heterocycles. The van der Waals surface area contributed by atoms with Gasteiger partial charge in [0.15, 0.2) is 0 Å². The second-order valence-electron chi connectivity index (χ2n) is 7.14. The standard InChI is InChI=1S/C11H16.C9H7N.C7H9N.3C2H6/c1-2-3-5-8-11-9-6-4-7-10-11;1-2-4-8(5-3-1)9-6-10-7-9;1-6-4-2-3-5-7(6)8;3*1-2/h2-6,11H,1,7-10H2;1-7H;2-5H,8H2,1H3;3*1-2H3/b5-3-;;;;;. The number of hydrogen-bond donors (Lipinski definition) is 1. The number of aryl methyl sites for hydroxylation is 1. The zero-order valence-corrected chi connectivity index (χ0v) is 23.4. The lowest BCUT2D eigenvalue weighted by Gasteiger charge is -2.14. The van der Waals surface area contributed by atoms with Gasteiger partial charge in [0, 0.05) is 23.7 Å². The fourth-order valence-electron chi connectivity index (χ4n) is 2.95. The van der Waals surface area contributed by atoms with Gasteiger partial charge in [-0.2, -0.15) is 0 Å². The van der Waals surface area contributed by atoms with Crippen LogP contribution in [0, 0.1) is 12.8 Å². The molecule has 2 N–H and O–H groups in total. The van der Waals surface area contributed by atoms with Crippen molar-refractivity contribution in [3.8, 4) is 0 Å². The zero-order chi connectivity index (χ0) is 26.7. The van der Waals surface area contributed by atoms with Crippen molar-refractivity contribution in [2.45, 2.75) is 74.1 Å². The first kappa shape index (κ1) is 34.0. The van der Waals surface area contributed by atoms with Crippen LogP contribution < -0.4 is 5.73 Å². The number of nitrogens with two attached hydrogens (primary N) is 1. The highest BCUT2D eigenvalue weighted by Gasteiger charge is 2.06. The molecule has 0 amide bonds. The van der Waals surface area contributed by atoms with Gasteiger partial charge < -0.3 is 5.73 Å². The van der Waals surface area contributed by atoms with Crippen molar-refractivity contribution in [3.63, 3.8) is 0 Å². The number of nitrogens with zero attached hydrogens (tertiary/aromatic N) is 1. The van der Waals surface area contributed by atoms with Gasteiger partial charge in [-0.15, -0.1) is 0 Å². The Bertz CT molecular complexity index is 837. The third kappa shape index (κ3) is 17.0. The third-order valence-corrected chi connectivity index (χ3v) is 4.84. The van der Waals surface area contributed by atoms with Gasteiger partial charge in [0.25, 0.3) is 0 Å². The molecule has 0 spiro atoms. The molecule has 4 rings (SSSR count). The summed E-state index contributed by atoms with van der Waals surface area (Å²) in [6.07, 6.45) is 19.5. The van der Waals surface area contributed by atoms with E-state index in [1.807, 2.05) is 115 Å². The Kier molecular flexibility index (Phi) is 24.8. The van der Waals surface area contributed by atoms with Crippen LogP contribution in [0.4, 0.5) is 5.69 Å². The number of nitrogen functional groups attached to an aromatic ring is 1. The van der Waals surface area contributed by atoms with Crippen LogP contribution in [0.3, 0.4) is 0 Å². The van der Waals surface area contributed by atoms with E-state index < -0.39 is 0 Å². The van der Waals surface area contributed by atoms with E-state index in [2.05, 4.69) is 41.9 Å². The molecule has 1 unspecified atom stereocenters. The first-order chi connectivity index (χ1) is 17.2. The molecule has 0 bridgehead atoms. The second kappa shape index (κ2) is 25.5. The van der Waals surface area contributed by atoms with Crippen molar-refractivity contribution in [1.29, 1.82) is 0 Å². The summed E-state index contributed by atoms with van der Waals surface area (Å²) in [6.45, 7) is 17.6. The predicted molar refractivity (Wildman–Crippen MR) is 163 cm³/mol. The first-order valence-electron chi connectivity index (χ1n) is 13.2. The smallest absolute Gasteiger partial charge is 0.0362 e. The average Bonchev–Trinajstić information content (AvgIpc) is 2.91. The van der Waals surface area contributed by atoms with Crippen LogP contribution in [-0.2, 0) is 0 Å². The van der Waals surface area contributed by atoms with Crippen molar-refractivity contribution < 1.29 is 0 Å². The SMILES string of the molecule is C1=NC=C1c1ccccc1.C=C/C=C\CC1CC=CCC1.CC.CC.CC.Cc1ccccc1N. The van der Waals surface area contributed by atoms with Crippen molar-refractivity contribution >= 4 is 17.5 Å². The van der Waals surface area contributed by atoms with Crippen molar-refractivity contribution in [3.05, 3.63) is 109 Å². The summed E-state index contributed by atoms with van der Waals surface area (Å²) in [4.78, 5) is 3.89. The molecule has 1 aliphatic carbocycles. The molecule has 0 radical (unpaired) electrons. The number of allylic oxidation sites excluding steroid dienone is 6. The number of anilines is 1. The largest absolute Gasteiger partial charge is 0.399 e. The van der Waals surface area contributed by atoms with E-state index in [1.54, 1.807) is 0 Å². The number of aliphatic imine (C=N–C) groups is 1. The van der Waals surface area contributed by atoms with E-state index in [-0.39, 0.29) is 0 Å². The maximum absolute atomic E-state index is 5.52. The normalized spacial score (nSPS) is 14.3. The van der Waals surface area contributed by atoms with Gasteiger partial charge in [0.05, 0.1) is 0 Å². The maximum atomic E-state index is 5.52.